The molecule has 5 nitrogen and oxygen atoms in total. The van der Waals surface area contributed by atoms with Gasteiger partial charge < -0.3 is 10.1 Å². The van der Waals surface area contributed by atoms with Gasteiger partial charge in [0.2, 0.25) is 0 Å². The van der Waals surface area contributed by atoms with Crippen molar-refractivity contribution in [3.05, 3.63) is 88.4 Å². The molecule has 3 aromatic carbocycles. The standard InChI is InChI=1S/C21H13ClN2O3/c22-16-8-5-13(6-9-16)19(25)12-1-3-14(4-2-12)20-23-17-10-7-15(21(26)27)11-18(17)24-20/h1-11H,(H,23,24)(H,26,27). The molecule has 1 heterocycles. The van der Waals surface area contributed by atoms with Crippen LogP contribution in [0.4, 0.5) is 0 Å². The lowest BCUT2D eigenvalue weighted by atomic mass is 10.0. The van der Waals surface area contributed by atoms with E-state index in [1.807, 2.05) is 0 Å². The Labute approximate surface area is 159 Å². The second-order valence-corrected chi connectivity index (χ2v) is 6.47. The third-order valence-corrected chi connectivity index (χ3v) is 4.51. The molecule has 6 heteroatoms. The van der Waals surface area contributed by atoms with Crippen LogP contribution in [-0.2, 0) is 0 Å². The number of H-pyrrole nitrogens is 1. The first-order valence-corrected chi connectivity index (χ1v) is 8.53. The van der Waals surface area contributed by atoms with E-state index >= 15 is 0 Å². The molecule has 1 aromatic heterocycles. The molecule has 0 amide bonds. The molecule has 0 aliphatic carbocycles. The number of ketones is 1. The Balaban J connectivity index is 1.63. The summed E-state index contributed by atoms with van der Waals surface area (Å²) in [6.07, 6.45) is 0. The maximum atomic E-state index is 12.5. The molecular formula is C21H13ClN2O3. The maximum absolute atomic E-state index is 12.5. The Hall–Kier alpha value is -3.44. The predicted molar refractivity (Wildman–Crippen MR) is 103 cm³/mol. The fourth-order valence-corrected chi connectivity index (χ4v) is 2.95. The molecule has 0 bridgehead atoms. The molecule has 0 aliphatic rings. The van der Waals surface area contributed by atoms with Gasteiger partial charge in [-0.25, -0.2) is 9.78 Å². The normalized spacial score (nSPS) is 10.9. The highest BCUT2D eigenvalue weighted by Crippen LogP contribution is 2.23. The van der Waals surface area contributed by atoms with Gasteiger partial charge in [-0.2, -0.15) is 0 Å². The largest absolute Gasteiger partial charge is 0.478 e. The highest BCUT2D eigenvalue weighted by Gasteiger charge is 2.12. The molecular weight excluding hydrogens is 364 g/mol. The van der Waals surface area contributed by atoms with Crippen molar-refractivity contribution in [2.75, 3.05) is 0 Å². The van der Waals surface area contributed by atoms with E-state index in [-0.39, 0.29) is 11.3 Å². The van der Waals surface area contributed by atoms with E-state index in [1.54, 1.807) is 60.7 Å². The van der Waals surface area contributed by atoms with Crippen LogP contribution in [0.5, 0.6) is 0 Å². The number of nitrogens with one attached hydrogen (secondary N) is 1. The van der Waals surface area contributed by atoms with Crippen LogP contribution >= 0.6 is 11.6 Å². The summed E-state index contributed by atoms with van der Waals surface area (Å²) in [6.45, 7) is 0. The van der Waals surface area contributed by atoms with Crippen molar-refractivity contribution in [1.82, 2.24) is 9.97 Å². The number of carboxylic acids is 1. The molecule has 132 valence electrons. The number of imidazole rings is 1. The first kappa shape index (κ1) is 17.0. The number of halogens is 1. The maximum Gasteiger partial charge on any atom is 0.335 e. The van der Waals surface area contributed by atoms with Gasteiger partial charge in [0.25, 0.3) is 0 Å². The van der Waals surface area contributed by atoms with E-state index < -0.39 is 5.97 Å². The number of rotatable bonds is 4. The smallest absolute Gasteiger partial charge is 0.335 e. The van der Waals surface area contributed by atoms with Gasteiger partial charge in [-0.3, -0.25) is 4.79 Å². The van der Waals surface area contributed by atoms with Crippen LogP contribution in [0.15, 0.2) is 66.7 Å². The SMILES string of the molecule is O=C(O)c1ccc2nc(-c3ccc(C(=O)c4ccc(Cl)cc4)cc3)[nH]c2c1. The molecule has 2 N–H and O–H groups in total. The molecule has 0 aliphatic heterocycles. The van der Waals surface area contributed by atoms with Crippen molar-refractivity contribution < 1.29 is 14.7 Å². The number of fused-ring (bicyclic) bond motifs is 1. The number of carbonyl (C=O) groups is 2. The average Bonchev–Trinajstić information content (AvgIpc) is 3.11. The molecule has 4 aromatic rings. The first-order valence-electron chi connectivity index (χ1n) is 8.15. The summed E-state index contributed by atoms with van der Waals surface area (Å²) < 4.78 is 0. The van der Waals surface area contributed by atoms with E-state index in [2.05, 4.69) is 9.97 Å². The van der Waals surface area contributed by atoms with Gasteiger partial charge in [-0.15, -0.1) is 0 Å². The quantitative estimate of drug-likeness (QED) is 0.500. The second-order valence-electron chi connectivity index (χ2n) is 6.04. The van der Waals surface area contributed by atoms with Gasteiger partial charge in [0.05, 0.1) is 16.6 Å². The minimum absolute atomic E-state index is 0.0890. The molecule has 0 fully saturated rings. The number of aromatic nitrogens is 2. The topological polar surface area (TPSA) is 83.0 Å². The summed E-state index contributed by atoms with van der Waals surface area (Å²) in [5, 5.41) is 9.67. The number of aromatic carboxylic acids is 1. The van der Waals surface area contributed by atoms with Gasteiger partial charge >= 0.3 is 5.97 Å². The Morgan fingerprint density at radius 1 is 0.852 bits per heavy atom. The molecule has 0 spiro atoms. The first-order chi connectivity index (χ1) is 13.0. The molecule has 4 rings (SSSR count). The second kappa shape index (κ2) is 6.70. The summed E-state index contributed by atoms with van der Waals surface area (Å²) in [5.74, 6) is -0.468. The fraction of sp³-hybridized carbons (Fsp3) is 0. The summed E-state index contributed by atoms with van der Waals surface area (Å²) in [4.78, 5) is 31.2. The summed E-state index contributed by atoms with van der Waals surface area (Å²) in [6, 6.07) is 18.6. The van der Waals surface area contributed by atoms with Gasteiger partial charge in [-0.05, 0) is 42.5 Å². The zero-order chi connectivity index (χ0) is 19.0. The van der Waals surface area contributed by atoms with Crippen molar-refractivity contribution in [2.45, 2.75) is 0 Å². The van der Waals surface area contributed by atoms with E-state index in [0.29, 0.717) is 33.0 Å². The lowest BCUT2D eigenvalue weighted by Gasteiger charge is -2.03. The van der Waals surface area contributed by atoms with E-state index in [4.69, 9.17) is 16.7 Å². The molecule has 0 unspecified atom stereocenters. The Bertz CT molecular complexity index is 1160. The monoisotopic (exact) mass is 376 g/mol. The van der Waals surface area contributed by atoms with Crippen LogP contribution < -0.4 is 0 Å². The van der Waals surface area contributed by atoms with Crippen LogP contribution in [0.2, 0.25) is 5.02 Å². The predicted octanol–water partition coefficient (Wildman–Crippen LogP) is 4.81. The number of hydrogen-bond donors (Lipinski definition) is 2. The zero-order valence-corrected chi connectivity index (χ0v) is 14.7. The van der Waals surface area contributed by atoms with Crippen LogP contribution in [0, 0.1) is 0 Å². The molecule has 0 radical (unpaired) electrons. The Morgan fingerprint density at radius 3 is 2.07 bits per heavy atom. The van der Waals surface area contributed by atoms with E-state index in [9.17, 15) is 9.59 Å². The van der Waals surface area contributed by atoms with Crippen LogP contribution in [0.25, 0.3) is 22.4 Å². The van der Waals surface area contributed by atoms with Crippen LogP contribution in [-0.4, -0.2) is 26.8 Å². The van der Waals surface area contributed by atoms with E-state index in [0.717, 1.165) is 5.56 Å². The third kappa shape index (κ3) is 3.32. The van der Waals surface area contributed by atoms with Crippen molar-refractivity contribution in [2.24, 2.45) is 0 Å². The van der Waals surface area contributed by atoms with Gasteiger partial charge in [0.1, 0.15) is 5.82 Å². The summed E-state index contributed by atoms with van der Waals surface area (Å²) >= 11 is 5.86. The highest BCUT2D eigenvalue weighted by molar-refractivity contribution is 6.30. The van der Waals surface area contributed by atoms with Crippen LogP contribution in [0.3, 0.4) is 0 Å². The summed E-state index contributed by atoms with van der Waals surface area (Å²) in [5.41, 5.74) is 3.45. The zero-order valence-electron chi connectivity index (χ0n) is 13.9. The number of nitrogens with zero attached hydrogens (tertiary/aromatic N) is 1. The average molecular weight is 377 g/mol. The lowest BCUT2D eigenvalue weighted by Crippen LogP contribution is -2.00. The van der Waals surface area contributed by atoms with Gasteiger partial charge in [0, 0.05) is 21.7 Å². The molecule has 0 atom stereocenters. The number of carbonyl (C=O) groups excluding carboxylic acids is 1. The molecule has 27 heavy (non-hydrogen) atoms. The molecule has 0 saturated heterocycles. The summed E-state index contributed by atoms with van der Waals surface area (Å²) in [7, 11) is 0. The Kier molecular flexibility index (Phi) is 4.22. The van der Waals surface area contributed by atoms with Crippen molar-refractivity contribution in [3.8, 4) is 11.4 Å². The number of hydrogen-bond acceptors (Lipinski definition) is 3. The van der Waals surface area contributed by atoms with Crippen LogP contribution in [0.1, 0.15) is 26.3 Å². The number of carboxylic acid groups (broad SMARTS) is 1. The Morgan fingerprint density at radius 2 is 1.44 bits per heavy atom. The third-order valence-electron chi connectivity index (χ3n) is 4.26. The number of aromatic amines is 1. The van der Waals surface area contributed by atoms with E-state index in [1.165, 1.54) is 6.07 Å². The van der Waals surface area contributed by atoms with Crippen molar-refractivity contribution in [1.29, 1.82) is 0 Å². The van der Waals surface area contributed by atoms with Crippen molar-refractivity contribution >= 4 is 34.4 Å². The highest BCUT2D eigenvalue weighted by atomic mass is 35.5. The van der Waals surface area contributed by atoms with Gasteiger partial charge in [-0.1, -0.05) is 35.9 Å². The van der Waals surface area contributed by atoms with Crippen molar-refractivity contribution in [3.63, 3.8) is 0 Å². The van der Waals surface area contributed by atoms with Gasteiger partial charge in [0.15, 0.2) is 5.78 Å². The number of benzene rings is 3. The molecule has 0 saturated carbocycles. The lowest BCUT2D eigenvalue weighted by molar-refractivity contribution is 0.0697. The minimum Gasteiger partial charge on any atom is -0.478 e. The minimum atomic E-state index is -0.988. The fourth-order valence-electron chi connectivity index (χ4n) is 2.83.